The van der Waals surface area contributed by atoms with E-state index in [1.165, 1.54) is 6.07 Å². The number of hydrogen-bond donors (Lipinski definition) is 1. The highest BCUT2D eigenvalue weighted by atomic mass is 79.9. The monoisotopic (exact) mass is 347 g/mol. The first-order chi connectivity index (χ1) is 9.43. The molecule has 2 amide bonds. The second-order valence-electron chi connectivity index (χ2n) is 3.47. The first kappa shape index (κ1) is 16.1. The molecule has 0 bridgehead atoms. The molecule has 0 aromatic heterocycles. The minimum Gasteiger partial charge on any atom is -0.452 e. The largest absolute Gasteiger partial charge is 0.452 e. The topological polar surface area (TPSA) is 81.7 Å². The number of carbonyl (C=O) groups excluding carboxylic acids is 3. The molecule has 0 unspecified atom stereocenters. The summed E-state index contributed by atoms with van der Waals surface area (Å²) in [7, 11) is 0. The summed E-state index contributed by atoms with van der Waals surface area (Å²) in [6.07, 6.45) is -0.930. The van der Waals surface area contributed by atoms with Crippen molar-refractivity contribution in [3.63, 3.8) is 0 Å². The van der Waals surface area contributed by atoms with Gasteiger partial charge in [-0.05, 0) is 41.1 Å². The van der Waals surface area contributed by atoms with E-state index in [1.807, 2.05) is 5.32 Å². The van der Waals surface area contributed by atoms with Gasteiger partial charge in [0.2, 0.25) is 0 Å². The van der Waals surface area contributed by atoms with Crippen molar-refractivity contribution in [1.29, 1.82) is 0 Å². The predicted molar refractivity (Wildman–Crippen MR) is 69.5 cm³/mol. The van der Waals surface area contributed by atoms with Crippen LogP contribution in [0.5, 0.6) is 0 Å². The fourth-order valence-electron chi connectivity index (χ4n) is 1.18. The van der Waals surface area contributed by atoms with E-state index in [9.17, 15) is 18.8 Å². The molecule has 20 heavy (non-hydrogen) atoms. The molecule has 0 fully saturated rings. The van der Waals surface area contributed by atoms with E-state index in [0.717, 1.165) is 12.1 Å². The first-order valence-corrected chi connectivity index (χ1v) is 6.32. The van der Waals surface area contributed by atoms with Crippen LogP contribution < -0.4 is 5.32 Å². The lowest BCUT2D eigenvalue weighted by Gasteiger charge is -2.07. The van der Waals surface area contributed by atoms with E-state index in [2.05, 4.69) is 25.4 Å². The van der Waals surface area contributed by atoms with Crippen LogP contribution in [0.25, 0.3) is 0 Å². The van der Waals surface area contributed by atoms with E-state index >= 15 is 0 Å². The van der Waals surface area contributed by atoms with Crippen LogP contribution in [0.15, 0.2) is 22.7 Å². The summed E-state index contributed by atoms with van der Waals surface area (Å²) >= 11 is 3.06. The summed E-state index contributed by atoms with van der Waals surface area (Å²) < 4.78 is 22.4. The van der Waals surface area contributed by atoms with E-state index < -0.39 is 30.4 Å². The van der Waals surface area contributed by atoms with Gasteiger partial charge in [-0.1, -0.05) is 0 Å². The fraction of sp³-hybridized carbons (Fsp3) is 0.250. The van der Waals surface area contributed by atoms with Crippen molar-refractivity contribution in [2.75, 3.05) is 13.2 Å². The Hall–Kier alpha value is -1.96. The normalized spacial score (nSPS) is 9.75. The molecule has 0 aliphatic heterocycles. The van der Waals surface area contributed by atoms with Gasteiger partial charge in [-0.15, -0.1) is 0 Å². The molecule has 1 aromatic rings. The second kappa shape index (κ2) is 7.59. The predicted octanol–water partition coefficient (Wildman–Crippen LogP) is 2.02. The summed E-state index contributed by atoms with van der Waals surface area (Å²) in [5.74, 6) is -2.35. The molecule has 0 saturated heterocycles. The Morgan fingerprint density at radius 2 is 2.00 bits per heavy atom. The van der Waals surface area contributed by atoms with Gasteiger partial charge in [0.25, 0.3) is 5.91 Å². The van der Waals surface area contributed by atoms with Crippen LogP contribution in [0.1, 0.15) is 17.3 Å². The number of carbonyl (C=O) groups is 3. The number of imide groups is 1. The van der Waals surface area contributed by atoms with Crippen molar-refractivity contribution >= 4 is 33.9 Å². The Morgan fingerprint density at radius 3 is 2.65 bits per heavy atom. The number of halogens is 2. The molecule has 0 saturated carbocycles. The summed E-state index contributed by atoms with van der Waals surface area (Å²) in [6, 6.07) is 3.47. The third kappa shape index (κ3) is 4.96. The molecular weight excluding hydrogens is 337 g/mol. The zero-order valence-electron chi connectivity index (χ0n) is 10.4. The number of alkyl carbamates (subject to hydrolysis) is 1. The number of ether oxygens (including phenoxy) is 2. The van der Waals surface area contributed by atoms with Gasteiger partial charge < -0.3 is 9.47 Å². The van der Waals surface area contributed by atoms with Crippen molar-refractivity contribution in [1.82, 2.24) is 5.32 Å². The van der Waals surface area contributed by atoms with Crippen LogP contribution in [0.3, 0.4) is 0 Å². The number of nitrogens with one attached hydrogen (secondary N) is 1. The van der Waals surface area contributed by atoms with Crippen LogP contribution in [-0.2, 0) is 14.3 Å². The molecule has 0 aliphatic rings. The van der Waals surface area contributed by atoms with E-state index in [0.29, 0.717) is 4.47 Å². The molecule has 0 heterocycles. The van der Waals surface area contributed by atoms with Crippen molar-refractivity contribution in [2.45, 2.75) is 6.92 Å². The minimum absolute atomic E-state index is 0.0612. The number of rotatable bonds is 4. The molecule has 0 radical (unpaired) electrons. The maximum Gasteiger partial charge on any atom is 0.413 e. The summed E-state index contributed by atoms with van der Waals surface area (Å²) in [5, 5.41) is 1.85. The van der Waals surface area contributed by atoms with Crippen molar-refractivity contribution < 1.29 is 28.2 Å². The minimum atomic E-state index is -0.930. The highest BCUT2D eigenvalue weighted by Gasteiger charge is 2.15. The Bertz CT molecular complexity index is 535. The SMILES string of the molecule is CCOC(=O)NC(=O)COC(=O)c1cc(F)ccc1Br. The third-order valence-corrected chi connectivity index (χ3v) is 2.69. The zero-order chi connectivity index (χ0) is 15.1. The van der Waals surface area contributed by atoms with Crippen molar-refractivity contribution in [3.05, 3.63) is 34.1 Å². The molecular formula is C12H11BrFNO5. The standard InChI is InChI=1S/C12H11BrFNO5/c1-2-19-12(18)15-10(16)6-20-11(17)8-5-7(14)3-4-9(8)13/h3-5H,2,6H2,1H3,(H,15,16,18). The molecule has 0 aliphatic carbocycles. The summed E-state index contributed by atoms with van der Waals surface area (Å²) in [6.45, 7) is 1.00. The van der Waals surface area contributed by atoms with Crippen LogP contribution in [0, 0.1) is 5.82 Å². The van der Waals surface area contributed by atoms with Crippen LogP contribution in [-0.4, -0.2) is 31.2 Å². The molecule has 0 spiro atoms. The van der Waals surface area contributed by atoms with Gasteiger partial charge >= 0.3 is 12.1 Å². The fourth-order valence-corrected chi connectivity index (χ4v) is 1.59. The second-order valence-corrected chi connectivity index (χ2v) is 4.32. The van der Waals surface area contributed by atoms with Gasteiger partial charge in [0.15, 0.2) is 6.61 Å². The maximum atomic E-state index is 13.0. The number of esters is 1. The smallest absolute Gasteiger partial charge is 0.413 e. The van der Waals surface area contributed by atoms with Gasteiger partial charge in [-0.3, -0.25) is 10.1 Å². The quantitative estimate of drug-likeness (QED) is 0.842. The van der Waals surface area contributed by atoms with E-state index in [1.54, 1.807) is 6.92 Å². The average Bonchev–Trinajstić information content (AvgIpc) is 2.39. The Kier molecular flexibility index (Phi) is 6.10. The summed E-state index contributed by atoms with van der Waals surface area (Å²) in [5.41, 5.74) is -0.0612. The lowest BCUT2D eigenvalue weighted by Crippen LogP contribution is -2.34. The Labute approximate surface area is 122 Å². The van der Waals surface area contributed by atoms with E-state index in [-0.39, 0.29) is 12.2 Å². The van der Waals surface area contributed by atoms with E-state index in [4.69, 9.17) is 0 Å². The lowest BCUT2D eigenvalue weighted by molar-refractivity contribution is -0.123. The zero-order valence-corrected chi connectivity index (χ0v) is 12.0. The number of amides is 2. The average molecular weight is 348 g/mol. The first-order valence-electron chi connectivity index (χ1n) is 5.52. The molecule has 1 aromatic carbocycles. The third-order valence-electron chi connectivity index (χ3n) is 2.00. The molecule has 108 valence electrons. The van der Waals surface area contributed by atoms with Crippen molar-refractivity contribution in [3.8, 4) is 0 Å². The van der Waals surface area contributed by atoms with Crippen molar-refractivity contribution in [2.24, 2.45) is 0 Å². The van der Waals surface area contributed by atoms with Gasteiger partial charge in [0, 0.05) is 4.47 Å². The van der Waals surface area contributed by atoms with Gasteiger partial charge in [0.05, 0.1) is 12.2 Å². The maximum absolute atomic E-state index is 13.0. The summed E-state index contributed by atoms with van der Waals surface area (Å²) in [4.78, 5) is 33.8. The van der Waals surface area contributed by atoms with Crippen LogP contribution >= 0.6 is 15.9 Å². The highest BCUT2D eigenvalue weighted by Crippen LogP contribution is 2.18. The molecule has 1 rings (SSSR count). The molecule has 6 nitrogen and oxygen atoms in total. The highest BCUT2D eigenvalue weighted by molar-refractivity contribution is 9.10. The van der Waals surface area contributed by atoms with Crippen LogP contribution in [0.2, 0.25) is 0 Å². The molecule has 1 N–H and O–H groups in total. The number of hydrogen-bond acceptors (Lipinski definition) is 5. The van der Waals surface area contributed by atoms with Gasteiger partial charge in [-0.25, -0.2) is 14.0 Å². The molecule has 0 atom stereocenters. The van der Waals surface area contributed by atoms with Crippen LogP contribution in [0.4, 0.5) is 9.18 Å². The Morgan fingerprint density at radius 1 is 1.30 bits per heavy atom. The number of benzene rings is 1. The van der Waals surface area contributed by atoms with Gasteiger partial charge in [0.1, 0.15) is 5.82 Å². The molecule has 8 heteroatoms. The lowest BCUT2D eigenvalue weighted by atomic mass is 10.2. The van der Waals surface area contributed by atoms with Gasteiger partial charge in [-0.2, -0.15) is 0 Å². The Balaban J connectivity index is 2.53.